The van der Waals surface area contributed by atoms with E-state index in [1.807, 2.05) is 27.7 Å². The molecule has 19 heavy (non-hydrogen) atoms. The van der Waals surface area contributed by atoms with Crippen molar-refractivity contribution in [3.63, 3.8) is 0 Å². The fourth-order valence-electron chi connectivity index (χ4n) is 2.85. The number of aryl methyl sites for hydroxylation is 1. The molecular formula is C14H19NO3S. The van der Waals surface area contributed by atoms with Crippen LogP contribution in [0.15, 0.2) is 16.0 Å². The van der Waals surface area contributed by atoms with Crippen LogP contribution in [0.4, 0.5) is 5.69 Å². The van der Waals surface area contributed by atoms with Gasteiger partial charge in [-0.05, 0) is 43.0 Å². The van der Waals surface area contributed by atoms with Crippen LogP contribution < -0.4 is 0 Å². The van der Waals surface area contributed by atoms with Gasteiger partial charge < -0.3 is 0 Å². The predicted molar refractivity (Wildman–Crippen MR) is 76.2 cm³/mol. The van der Waals surface area contributed by atoms with Crippen molar-refractivity contribution in [1.82, 2.24) is 0 Å². The minimum atomic E-state index is -4.22. The smallest absolute Gasteiger partial charge is 0.282 e. The Balaban J connectivity index is 2.89. The van der Waals surface area contributed by atoms with Gasteiger partial charge in [-0.1, -0.05) is 20.8 Å². The third-order valence-electron chi connectivity index (χ3n) is 4.03. The monoisotopic (exact) mass is 281 g/mol. The van der Waals surface area contributed by atoms with Crippen molar-refractivity contribution in [2.24, 2.45) is 4.99 Å². The first-order valence-corrected chi connectivity index (χ1v) is 7.75. The molecule has 0 saturated heterocycles. The Bertz CT molecular complexity index is 685. The molecule has 1 aromatic rings. The molecule has 1 aliphatic heterocycles. The fraction of sp³-hybridized carbons (Fsp3) is 0.500. The second-order valence-corrected chi connectivity index (χ2v) is 6.89. The van der Waals surface area contributed by atoms with E-state index in [2.05, 4.69) is 4.99 Å². The van der Waals surface area contributed by atoms with E-state index in [-0.39, 0.29) is 10.3 Å². The highest BCUT2D eigenvalue weighted by Gasteiger charge is 2.36. The summed E-state index contributed by atoms with van der Waals surface area (Å²) in [5.74, 6) is 0. The van der Waals surface area contributed by atoms with Gasteiger partial charge in [0, 0.05) is 11.1 Å². The largest absolute Gasteiger partial charge is 0.295 e. The summed E-state index contributed by atoms with van der Waals surface area (Å²) in [6.45, 7) is 9.59. The molecular weight excluding hydrogens is 262 g/mol. The number of fused-ring (bicyclic) bond motifs is 1. The summed E-state index contributed by atoms with van der Waals surface area (Å²) < 4.78 is 32.8. The lowest BCUT2D eigenvalue weighted by Gasteiger charge is -2.24. The Labute approximate surface area is 114 Å². The van der Waals surface area contributed by atoms with Crippen LogP contribution in [0.25, 0.3) is 0 Å². The number of hydrogen-bond acceptors (Lipinski definition) is 3. The SMILES string of the molecule is CCc1cc2c(c(C)c1S(=O)(=O)O)C(C)(C)C(C)=N2. The van der Waals surface area contributed by atoms with Crippen molar-refractivity contribution in [2.75, 3.05) is 0 Å². The van der Waals surface area contributed by atoms with Gasteiger partial charge in [-0.15, -0.1) is 0 Å². The summed E-state index contributed by atoms with van der Waals surface area (Å²) >= 11 is 0. The third-order valence-corrected chi connectivity index (χ3v) is 5.12. The summed E-state index contributed by atoms with van der Waals surface area (Å²) in [4.78, 5) is 4.59. The molecule has 1 aromatic carbocycles. The van der Waals surface area contributed by atoms with Gasteiger partial charge in [-0.2, -0.15) is 8.42 Å². The molecule has 0 unspecified atom stereocenters. The van der Waals surface area contributed by atoms with Gasteiger partial charge in [0.05, 0.1) is 5.69 Å². The molecule has 0 radical (unpaired) electrons. The highest BCUT2D eigenvalue weighted by Crippen LogP contribution is 2.45. The number of hydrogen-bond donors (Lipinski definition) is 1. The minimum Gasteiger partial charge on any atom is -0.282 e. The maximum absolute atomic E-state index is 11.6. The topological polar surface area (TPSA) is 66.7 Å². The summed E-state index contributed by atoms with van der Waals surface area (Å²) in [6.07, 6.45) is 0.540. The molecule has 5 heteroatoms. The zero-order valence-electron chi connectivity index (χ0n) is 11.9. The Hall–Kier alpha value is -1.20. The van der Waals surface area contributed by atoms with Crippen LogP contribution in [0.3, 0.4) is 0 Å². The van der Waals surface area contributed by atoms with E-state index in [0.717, 1.165) is 17.0 Å². The van der Waals surface area contributed by atoms with Crippen LogP contribution >= 0.6 is 0 Å². The molecule has 1 N–H and O–H groups in total. The molecule has 0 bridgehead atoms. The van der Waals surface area contributed by atoms with Crippen LogP contribution in [-0.2, 0) is 22.0 Å². The first-order valence-electron chi connectivity index (χ1n) is 6.31. The van der Waals surface area contributed by atoms with Gasteiger partial charge in [-0.3, -0.25) is 9.55 Å². The van der Waals surface area contributed by atoms with Crippen molar-refractivity contribution in [2.45, 2.75) is 51.3 Å². The second kappa shape index (κ2) is 4.15. The second-order valence-electron chi connectivity index (χ2n) is 5.53. The van der Waals surface area contributed by atoms with Crippen LogP contribution in [-0.4, -0.2) is 18.7 Å². The maximum atomic E-state index is 11.6. The maximum Gasteiger partial charge on any atom is 0.295 e. The predicted octanol–water partition coefficient (Wildman–Crippen LogP) is 3.19. The quantitative estimate of drug-likeness (QED) is 0.847. The summed E-state index contributed by atoms with van der Waals surface area (Å²) in [6, 6.07) is 1.78. The van der Waals surface area contributed by atoms with Crippen LogP contribution in [0.5, 0.6) is 0 Å². The summed E-state index contributed by atoms with van der Waals surface area (Å²) in [5.41, 5.74) is 3.61. The lowest BCUT2D eigenvalue weighted by Crippen LogP contribution is -2.24. The summed E-state index contributed by atoms with van der Waals surface area (Å²) in [7, 11) is -4.22. The van der Waals surface area contributed by atoms with Crippen LogP contribution in [0.1, 0.15) is 44.4 Å². The van der Waals surface area contributed by atoms with Crippen molar-refractivity contribution in [3.05, 3.63) is 22.8 Å². The molecule has 4 nitrogen and oxygen atoms in total. The van der Waals surface area contributed by atoms with Crippen molar-refractivity contribution < 1.29 is 13.0 Å². The first-order chi connectivity index (χ1) is 8.60. The van der Waals surface area contributed by atoms with Gasteiger partial charge in [0.2, 0.25) is 0 Å². The molecule has 0 amide bonds. The van der Waals surface area contributed by atoms with E-state index >= 15 is 0 Å². The van der Waals surface area contributed by atoms with E-state index in [1.165, 1.54) is 0 Å². The zero-order valence-corrected chi connectivity index (χ0v) is 12.7. The molecule has 0 saturated carbocycles. The lowest BCUT2D eigenvalue weighted by atomic mass is 9.79. The molecule has 0 aromatic heterocycles. The van der Waals surface area contributed by atoms with E-state index in [4.69, 9.17) is 0 Å². The molecule has 0 atom stereocenters. The van der Waals surface area contributed by atoms with Gasteiger partial charge in [0.1, 0.15) is 4.90 Å². The van der Waals surface area contributed by atoms with Gasteiger partial charge >= 0.3 is 0 Å². The highest BCUT2D eigenvalue weighted by molar-refractivity contribution is 7.86. The van der Waals surface area contributed by atoms with E-state index in [9.17, 15) is 13.0 Å². The standard InChI is InChI=1S/C14H19NO3S/c1-6-10-7-11-12(14(4,5)9(3)15-11)8(2)13(10)19(16,17)18/h7H,6H2,1-5H3,(H,16,17,18). The molecule has 0 aliphatic carbocycles. The van der Waals surface area contributed by atoms with Crippen molar-refractivity contribution in [3.8, 4) is 0 Å². The number of nitrogens with zero attached hydrogens (tertiary/aromatic N) is 1. The van der Waals surface area contributed by atoms with Crippen LogP contribution in [0.2, 0.25) is 0 Å². The Morgan fingerprint density at radius 3 is 2.37 bits per heavy atom. The molecule has 2 rings (SSSR count). The molecule has 0 fully saturated rings. The number of rotatable bonds is 2. The van der Waals surface area contributed by atoms with Gasteiger partial charge in [0.25, 0.3) is 10.1 Å². The average molecular weight is 281 g/mol. The van der Waals surface area contributed by atoms with Crippen molar-refractivity contribution in [1.29, 1.82) is 0 Å². The Morgan fingerprint density at radius 1 is 1.32 bits per heavy atom. The lowest BCUT2D eigenvalue weighted by molar-refractivity contribution is 0.481. The Kier molecular flexibility index (Phi) is 3.10. The van der Waals surface area contributed by atoms with Crippen molar-refractivity contribution >= 4 is 21.5 Å². The highest BCUT2D eigenvalue weighted by atomic mass is 32.2. The average Bonchev–Trinajstić information content (AvgIpc) is 2.47. The normalized spacial score (nSPS) is 17.3. The van der Waals surface area contributed by atoms with E-state index in [1.54, 1.807) is 13.0 Å². The van der Waals surface area contributed by atoms with E-state index in [0.29, 0.717) is 17.5 Å². The molecule has 1 aliphatic rings. The molecule has 1 heterocycles. The minimum absolute atomic E-state index is 0.0479. The third kappa shape index (κ3) is 2.01. The van der Waals surface area contributed by atoms with Gasteiger partial charge in [0.15, 0.2) is 0 Å². The zero-order chi connectivity index (χ0) is 14.6. The Morgan fingerprint density at radius 2 is 1.89 bits per heavy atom. The van der Waals surface area contributed by atoms with Crippen LogP contribution in [0, 0.1) is 6.92 Å². The summed E-state index contributed by atoms with van der Waals surface area (Å²) in [5, 5.41) is 0. The molecule has 104 valence electrons. The number of benzene rings is 1. The molecule has 0 spiro atoms. The fourth-order valence-corrected chi connectivity index (χ4v) is 3.87. The first kappa shape index (κ1) is 14.2. The van der Waals surface area contributed by atoms with E-state index < -0.39 is 10.1 Å². The van der Waals surface area contributed by atoms with Gasteiger partial charge in [-0.25, -0.2) is 0 Å². The number of aliphatic imine (C=N–C) groups is 1.